The molecule has 0 N–H and O–H groups in total. The van der Waals surface area contributed by atoms with Crippen LogP contribution in [0.3, 0.4) is 0 Å². The van der Waals surface area contributed by atoms with E-state index in [4.69, 9.17) is 0 Å². The molecule has 0 aromatic heterocycles. The van der Waals surface area contributed by atoms with E-state index in [1.807, 2.05) is 212 Å². The Bertz CT molecular complexity index is 1520. The molecule has 0 atom stereocenters. The maximum atomic E-state index is 2.47. The number of rotatable bonds is 2. The van der Waals surface area contributed by atoms with Gasteiger partial charge in [0.25, 0.3) is 0 Å². The van der Waals surface area contributed by atoms with Crippen molar-refractivity contribution in [2.45, 2.75) is 13.8 Å². The second-order valence-corrected chi connectivity index (χ2v) is 32.2. The lowest BCUT2D eigenvalue weighted by atomic mass is 10.3. The van der Waals surface area contributed by atoms with Crippen LogP contribution < -0.4 is 0 Å². The maximum absolute atomic E-state index is 2.47. The molecule has 0 unspecified atom stereocenters. The van der Waals surface area contributed by atoms with E-state index in [1.54, 1.807) is 0 Å². The van der Waals surface area contributed by atoms with Crippen molar-refractivity contribution in [3.05, 3.63) is 91.1 Å². The highest BCUT2D eigenvalue weighted by Crippen LogP contribution is 2.73. The first kappa shape index (κ1) is 33.5. The van der Waals surface area contributed by atoms with Crippen LogP contribution in [0.1, 0.15) is 13.8 Å². The Balaban J connectivity index is 0.894. The van der Waals surface area contributed by atoms with Crippen LogP contribution in [0.25, 0.3) is 0 Å². The minimum Gasteiger partial charge on any atom is -0.116 e. The highest BCUT2D eigenvalue weighted by molar-refractivity contribution is 8.51. The first-order valence-corrected chi connectivity index (χ1v) is 28.2. The van der Waals surface area contributed by atoms with Crippen molar-refractivity contribution in [1.82, 2.24) is 0 Å². The summed E-state index contributed by atoms with van der Waals surface area (Å²) in [4.78, 5) is 2.87. The molecule has 228 valence electrons. The van der Waals surface area contributed by atoms with E-state index in [0.717, 1.165) is 0 Å². The van der Waals surface area contributed by atoms with Crippen molar-refractivity contribution in [2.75, 3.05) is 23.0 Å². The molecular weight excluding hydrogens is 889 g/mol. The molecule has 0 saturated carbocycles. The summed E-state index contributed by atoms with van der Waals surface area (Å²) in [5, 5.41) is 0. The zero-order valence-corrected chi connectivity index (χ0v) is 37.0. The Hall–Kier alpha value is 3.70. The zero-order chi connectivity index (χ0) is 29.4. The maximum Gasteiger partial charge on any atom is 0.0718 e. The van der Waals surface area contributed by atoms with Gasteiger partial charge in [0.15, 0.2) is 0 Å². The van der Waals surface area contributed by atoms with Gasteiger partial charge in [0.1, 0.15) is 0 Å². The van der Waals surface area contributed by atoms with Crippen LogP contribution in [0, 0.1) is 0 Å². The van der Waals surface area contributed by atoms with E-state index in [2.05, 4.69) is 26.0 Å². The second-order valence-electron chi connectivity index (χ2n) is 9.05. The Morgan fingerprint density at radius 3 is 0.955 bits per heavy atom. The Kier molecular flexibility index (Phi) is 11.1. The topological polar surface area (TPSA) is 0 Å². The van der Waals surface area contributed by atoms with Crippen molar-refractivity contribution in [2.24, 2.45) is 0 Å². The molecule has 9 aliphatic rings. The molecule has 0 nitrogen and oxygen atoms in total. The molecule has 0 aliphatic carbocycles. The van der Waals surface area contributed by atoms with Crippen LogP contribution in [0.5, 0.6) is 0 Å². The van der Waals surface area contributed by atoms with Crippen LogP contribution in [-0.2, 0) is 0 Å². The van der Waals surface area contributed by atoms with E-state index >= 15 is 0 Å². The number of thioether (sulfide) groups is 18. The van der Waals surface area contributed by atoms with Crippen LogP contribution in [-0.4, -0.2) is 23.0 Å². The zero-order valence-electron chi connectivity index (χ0n) is 22.3. The molecule has 18 heteroatoms. The molecule has 9 rings (SSSR count). The van der Waals surface area contributed by atoms with E-state index in [1.165, 1.54) is 102 Å². The fraction of sp³-hybridized carbons (Fsp3) is 0.231. The van der Waals surface area contributed by atoms with Crippen molar-refractivity contribution >= 4 is 212 Å². The summed E-state index contributed by atoms with van der Waals surface area (Å²) < 4.78 is 22.3. The minimum absolute atomic E-state index is 1.25. The summed E-state index contributed by atoms with van der Waals surface area (Å²) in [5.41, 5.74) is 1.37. The van der Waals surface area contributed by atoms with Crippen molar-refractivity contribution < 1.29 is 0 Å². The van der Waals surface area contributed by atoms with Gasteiger partial charge < -0.3 is 0 Å². The molecular formula is C26H16S18. The van der Waals surface area contributed by atoms with Crippen LogP contribution in [0.4, 0.5) is 0 Å². The van der Waals surface area contributed by atoms with Gasteiger partial charge in [-0.05, 0) is 41.4 Å². The van der Waals surface area contributed by atoms with Crippen LogP contribution >= 0.6 is 212 Å². The SMILES string of the molecule is CC1=C(C)SC(=C(C=C2SC3=C(S2)SC(=C2SC4=C(SCCS4)S2)S3)C=C2SC3=C(S2)SC(=C2SC4=C(SCCS4)S2)S3)S1. The van der Waals surface area contributed by atoms with E-state index in [-0.39, 0.29) is 0 Å². The monoisotopic (exact) mass is 904 g/mol. The van der Waals surface area contributed by atoms with Crippen molar-refractivity contribution in [3.8, 4) is 0 Å². The van der Waals surface area contributed by atoms with E-state index in [9.17, 15) is 0 Å². The highest BCUT2D eigenvalue weighted by atomic mass is 32.3. The van der Waals surface area contributed by atoms with Crippen molar-refractivity contribution in [3.63, 3.8) is 0 Å². The Labute approximate surface area is 334 Å². The molecule has 0 bridgehead atoms. The summed E-state index contributed by atoms with van der Waals surface area (Å²) in [6.07, 6.45) is 4.94. The van der Waals surface area contributed by atoms with Gasteiger partial charge in [-0.25, -0.2) is 0 Å². The average Bonchev–Trinajstić information content (AvgIpc) is 3.84. The lowest BCUT2D eigenvalue weighted by Crippen LogP contribution is -1.88. The quantitative estimate of drug-likeness (QED) is 0.258. The van der Waals surface area contributed by atoms with Gasteiger partial charge in [-0.15, -0.1) is 47.0 Å². The molecule has 0 aromatic rings. The summed E-state index contributed by atoms with van der Waals surface area (Å²) in [5.74, 6) is 4.99. The van der Waals surface area contributed by atoms with Crippen LogP contribution in [0.15, 0.2) is 91.1 Å². The molecule has 44 heavy (non-hydrogen) atoms. The highest BCUT2D eigenvalue weighted by Gasteiger charge is 2.37. The molecule has 0 spiro atoms. The second kappa shape index (κ2) is 14.6. The third kappa shape index (κ3) is 7.06. The summed E-state index contributed by atoms with van der Waals surface area (Å²) in [6.45, 7) is 4.52. The third-order valence-electron chi connectivity index (χ3n) is 6.13. The molecule has 0 amide bonds. The van der Waals surface area contributed by atoms with Gasteiger partial charge in [0, 0.05) is 23.0 Å². The number of hydrogen-bond donors (Lipinski definition) is 0. The van der Waals surface area contributed by atoms with Gasteiger partial charge in [-0.3, -0.25) is 0 Å². The largest absolute Gasteiger partial charge is 0.116 e. The summed E-state index contributed by atoms with van der Waals surface area (Å²) in [6, 6.07) is 0. The molecule has 0 saturated heterocycles. The van der Waals surface area contributed by atoms with Crippen molar-refractivity contribution in [1.29, 1.82) is 0 Å². The van der Waals surface area contributed by atoms with E-state index in [0.29, 0.717) is 0 Å². The Morgan fingerprint density at radius 1 is 0.364 bits per heavy atom. The molecule has 9 heterocycles. The minimum atomic E-state index is 1.25. The molecule has 9 aliphatic heterocycles. The predicted molar refractivity (Wildman–Crippen MR) is 240 cm³/mol. The fourth-order valence-electron chi connectivity index (χ4n) is 4.06. The molecule has 0 aromatic carbocycles. The lowest BCUT2D eigenvalue weighted by molar-refractivity contribution is 1.56. The first-order chi connectivity index (χ1) is 21.5. The normalized spacial score (nSPS) is 26.8. The smallest absolute Gasteiger partial charge is 0.0718 e. The third-order valence-corrected chi connectivity index (χ3v) is 32.4. The van der Waals surface area contributed by atoms with Gasteiger partial charge in [-0.1, -0.05) is 165 Å². The standard InChI is InChI=1S/C26H16S18/c1-9-10(2)32-14(31-9)11(7-12-33-19-20(34-12)42-25(41-19)23-37-15-16(38-23)28-4-3-27-15)8-13-35-21-22(36-13)44-26(43-21)24-39-17-18(40-24)30-6-5-29-17/h7-8H,3-6H2,1-2H3. The Morgan fingerprint density at radius 2 is 0.636 bits per heavy atom. The van der Waals surface area contributed by atoms with Crippen LogP contribution in [0.2, 0.25) is 0 Å². The lowest BCUT2D eigenvalue weighted by Gasteiger charge is -2.09. The summed E-state index contributed by atoms with van der Waals surface area (Å²) >= 11 is 36.1. The molecule has 0 radical (unpaired) electrons. The summed E-state index contributed by atoms with van der Waals surface area (Å²) in [7, 11) is 0. The first-order valence-electron chi connectivity index (χ1n) is 12.8. The van der Waals surface area contributed by atoms with Gasteiger partial charge in [0.05, 0.1) is 63.6 Å². The van der Waals surface area contributed by atoms with E-state index < -0.39 is 0 Å². The number of hydrogen-bond acceptors (Lipinski definition) is 18. The molecule has 0 fully saturated rings. The average molecular weight is 906 g/mol. The van der Waals surface area contributed by atoms with Gasteiger partial charge >= 0.3 is 0 Å². The number of allylic oxidation sites excluding steroid dienone is 5. The van der Waals surface area contributed by atoms with Gasteiger partial charge in [0.2, 0.25) is 0 Å². The fourth-order valence-corrected chi connectivity index (χ4v) is 31.6. The predicted octanol–water partition coefficient (Wildman–Crippen LogP) is 16.2. The van der Waals surface area contributed by atoms with Gasteiger partial charge in [-0.2, -0.15) is 0 Å².